The Labute approximate surface area is 202 Å². The van der Waals surface area contributed by atoms with Crippen LogP contribution in [0.2, 0.25) is 5.15 Å². The highest BCUT2D eigenvalue weighted by molar-refractivity contribution is 6.32. The first-order chi connectivity index (χ1) is 16.3. The average Bonchev–Trinajstić information content (AvgIpc) is 2.82. The van der Waals surface area contributed by atoms with Gasteiger partial charge in [0.05, 0.1) is 18.9 Å². The molecule has 11 heteroatoms. The van der Waals surface area contributed by atoms with Gasteiger partial charge >= 0.3 is 0 Å². The van der Waals surface area contributed by atoms with E-state index in [2.05, 4.69) is 25.5 Å². The number of nitrogens with one attached hydrogen (secondary N) is 2. The Bertz CT molecular complexity index is 1060. The number of ketones is 1. The number of aliphatic hydroxyl groups excluding tert-OH is 1. The number of hydrogen-bond acceptors (Lipinski definition) is 9. The third kappa shape index (κ3) is 5.51. The molecule has 0 radical (unpaired) electrons. The Kier molecular flexibility index (Phi) is 7.38. The summed E-state index contributed by atoms with van der Waals surface area (Å²) in [5.41, 5.74) is 6.96. The van der Waals surface area contributed by atoms with E-state index in [4.69, 9.17) is 22.1 Å². The molecule has 0 atom stereocenters. The first kappa shape index (κ1) is 24.0. The second kappa shape index (κ2) is 10.4. The summed E-state index contributed by atoms with van der Waals surface area (Å²) in [5.74, 6) is 0.699. The fraction of sp³-hybridized carbons (Fsp3) is 0.478. The van der Waals surface area contributed by atoms with Gasteiger partial charge in [-0.25, -0.2) is 9.97 Å². The van der Waals surface area contributed by atoms with Gasteiger partial charge in [-0.3, -0.25) is 9.59 Å². The van der Waals surface area contributed by atoms with Crippen LogP contribution in [0.5, 0.6) is 5.75 Å². The summed E-state index contributed by atoms with van der Waals surface area (Å²) in [5, 5.41) is 16.2. The van der Waals surface area contributed by atoms with Gasteiger partial charge in [-0.1, -0.05) is 11.6 Å². The first-order valence-electron chi connectivity index (χ1n) is 11.4. The van der Waals surface area contributed by atoms with E-state index in [-0.39, 0.29) is 34.6 Å². The molecule has 5 N–H and O–H groups in total. The number of carbonyl (C=O) groups is 2. The Hall–Kier alpha value is -3.11. The predicted molar refractivity (Wildman–Crippen MR) is 130 cm³/mol. The van der Waals surface area contributed by atoms with E-state index in [9.17, 15) is 14.7 Å². The van der Waals surface area contributed by atoms with Crippen LogP contribution in [-0.2, 0) is 4.79 Å². The van der Waals surface area contributed by atoms with Crippen molar-refractivity contribution in [2.75, 3.05) is 35.7 Å². The van der Waals surface area contributed by atoms with Crippen LogP contribution in [0.4, 0.5) is 23.0 Å². The molecule has 1 saturated heterocycles. The molecule has 1 amide bonds. The van der Waals surface area contributed by atoms with E-state index < -0.39 is 5.91 Å². The maximum Gasteiger partial charge on any atom is 0.271 e. The number of piperidine rings is 1. The zero-order valence-corrected chi connectivity index (χ0v) is 19.8. The summed E-state index contributed by atoms with van der Waals surface area (Å²) in [6, 6.07) is 5.59. The van der Waals surface area contributed by atoms with Crippen LogP contribution in [0.1, 0.15) is 49.0 Å². The maximum atomic E-state index is 12.1. The number of nitrogens with zero attached hydrogens (tertiary/aromatic N) is 3. The van der Waals surface area contributed by atoms with Gasteiger partial charge in [-0.2, -0.15) is 0 Å². The van der Waals surface area contributed by atoms with Crippen molar-refractivity contribution in [2.45, 2.75) is 50.7 Å². The van der Waals surface area contributed by atoms with Crippen LogP contribution in [0, 0.1) is 0 Å². The van der Waals surface area contributed by atoms with E-state index in [1.807, 2.05) is 12.1 Å². The number of ether oxygens (including phenoxy) is 1. The summed E-state index contributed by atoms with van der Waals surface area (Å²) in [6.45, 7) is 1.21. The fourth-order valence-corrected chi connectivity index (χ4v) is 4.51. The molecule has 1 aromatic carbocycles. The van der Waals surface area contributed by atoms with Crippen LogP contribution in [0.3, 0.4) is 0 Å². The van der Waals surface area contributed by atoms with E-state index in [0.717, 1.165) is 18.5 Å². The first-order valence-corrected chi connectivity index (χ1v) is 11.8. The summed E-state index contributed by atoms with van der Waals surface area (Å²) < 4.78 is 5.52. The molecular formula is C23H29ClN6O4. The number of aromatic nitrogens is 2. The highest BCUT2D eigenvalue weighted by Crippen LogP contribution is 2.35. The summed E-state index contributed by atoms with van der Waals surface area (Å²) in [6.07, 6.45) is 3.65. The van der Waals surface area contributed by atoms with E-state index in [1.165, 1.54) is 0 Å². The summed E-state index contributed by atoms with van der Waals surface area (Å²) in [7, 11) is 1.60. The van der Waals surface area contributed by atoms with Gasteiger partial charge in [0.25, 0.3) is 5.91 Å². The lowest BCUT2D eigenvalue weighted by atomic mass is 9.93. The largest absolute Gasteiger partial charge is 0.495 e. The van der Waals surface area contributed by atoms with Gasteiger partial charge in [0.1, 0.15) is 11.5 Å². The Morgan fingerprint density at radius 2 is 1.88 bits per heavy atom. The fourth-order valence-electron chi connectivity index (χ4n) is 4.33. The molecule has 0 bridgehead atoms. The number of Topliss-reactive ketones (excluding diaryl/α,β-unsaturated/α-hetero) is 1. The number of hydrogen-bond donors (Lipinski definition) is 4. The molecule has 2 heterocycles. The number of carbonyl (C=O) groups excluding carboxylic acids is 2. The molecule has 0 spiro atoms. The molecule has 1 aliphatic carbocycles. The van der Waals surface area contributed by atoms with Crippen molar-refractivity contribution in [3.63, 3.8) is 0 Å². The molecule has 1 aromatic heterocycles. The molecule has 10 nitrogen and oxygen atoms in total. The molecule has 4 rings (SSSR count). The highest BCUT2D eigenvalue weighted by Gasteiger charge is 2.24. The van der Waals surface area contributed by atoms with Crippen molar-refractivity contribution in [1.82, 2.24) is 9.97 Å². The number of methoxy groups -OCH3 is 1. The van der Waals surface area contributed by atoms with Crippen molar-refractivity contribution in [2.24, 2.45) is 5.73 Å². The molecule has 182 valence electrons. The van der Waals surface area contributed by atoms with Crippen molar-refractivity contribution >= 4 is 46.3 Å². The molecule has 1 saturated carbocycles. The minimum atomic E-state index is -0.757. The molecule has 2 aromatic rings. The zero-order chi connectivity index (χ0) is 24.2. The topological polar surface area (TPSA) is 143 Å². The van der Waals surface area contributed by atoms with E-state index in [0.29, 0.717) is 56.0 Å². The second-order valence-corrected chi connectivity index (χ2v) is 8.97. The molecule has 1 aliphatic heterocycles. The maximum absolute atomic E-state index is 12.1. The summed E-state index contributed by atoms with van der Waals surface area (Å²) >= 11 is 6.30. The third-order valence-corrected chi connectivity index (χ3v) is 6.49. The molecule has 2 aliphatic rings. The Morgan fingerprint density at radius 3 is 2.53 bits per heavy atom. The van der Waals surface area contributed by atoms with Gasteiger partial charge in [-0.15, -0.1) is 0 Å². The predicted octanol–water partition coefficient (Wildman–Crippen LogP) is 2.87. The number of aliphatic hydroxyl groups is 1. The normalized spacial score (nSPS) is 20.7. The van der Waals surface area contributed by atoms with E-state index >= 15 is 0 Å². The number of primary amides is 1. The van der Waals surface area contributed by atoms with Gasteiger partial charge in [-0.05, 0) is 43.9 Å². The van der Waals surface area contributed by atoms with Crippen molar-refractivity contribution in [1.29, 1.82) is 0 Å². The van der Waals surface area contributed by atoms with Crippen molar-refractivity contribution in [3.05, 3.63) is 29.0 Å². The van der Waals surface area contributed by atoms with Crippen LogP contribution >= 0.6 is 11.6 Å². The number of halogens is 1. The van der Waals surface area contributed by atoms with Crippen LogP contribution < -0.4 is 26.0 Å². The highest BCUT2D eigenvalue weighted by atomic mass is 35.5. The van der Waals surface area contributed by atoms with E-state index in [1.54, 1.807) is 13.2 Å². The average molecular weight is 489 g/mol. The second-order valence-electron chi connectivity index (χ2n) is 8.61. The molecular weight excluding hydrogens is 460 g/mol. The van der Waals surface area contributed by atoms with Gasteiger partial charge in [0.15, 0.2) is 22.5 Å². The lowest BCUT2D eigenvalue weighted by molar-refractivity contribution is -0.119. The molecule has 2 fully saturated rings. The van der Waals surface area contributed by atoms with Crippen LogP contribution in [0.15, 0.2) is 18.2 Å². The molecule has 0 unspecified atom stereocenters. The van der Waals surface area contributed by atoms with Crippen LogP contribution in [-0.4, -0.2) is 59.1 Å². The van der Waals surface area contributed by atoms with Gasteiger partial charge < -0.3 is 31.1 Å². The quantitative estimate of drug-likeness (QED) is 0.462. The minimum absolute atomic E-state index is 0.0545. The van der Waals surface area contributed by atoms with Gasteiger partial charge in [0.2, 0.25) is 0 Å². The third-order valence-electron chi connectivity index (χ3n) is 6.23. The molecule has 34 heavy (non-hydrogen) atoms. The smallest absolute Gasteiger partial charge is 0.271 e. The number of nitrogens with two attached hydrogens (primary N) is 1. The Morgan fingerprint density at radius 1 is 1.18 bits per heavy atom. The lowest BCUT2D eigenvalue weighted by Crippen LogP contribution is -2.34. The van der Waals surface area contributed by atoms with Crippen molar-refractivity contribution in [3.8, 4) is 5.75 Å². The zero-order valence-electron chi connectivity index (χ0n) is 19.0. The monoisotopic (exact) mass is 488 g/mol. The Balaban J connectivity index is 1.61. The summed E-state index contributed by atoms with van der Waals surface area (Å²) in [4.78, 5) is 34.5. The SMILES string of the molecule is COc1ccc(Nc2nc(NC3CCC(O)CC3)c(Cl)nc2C(N)=O)cc1N1CCC(=O)CC1. The standard InChI is InChI=1S/C23H29ClN6O4/c1-34-18-7-4-14(12-17(18)30-10-8-16(32)9-11-30)27-22-19(21(25)33)28-20(24)23(29-22)26-13-2-5-15(31)6-3-13/h4,7,12-13,15,31H,2-3,5-6,8-11H2,1H3,(H2,25,33)(H2,26,27,29). The van der Waals surface area contributed by atoms with Gasteiger partial charge in [0, 0.05) is 37.7 Å². The number of anilines is 4. The number of rotatable bonds is 7. The lowest BCUT2D eigenvalue weighted by Gasteiger charge is -2.30. The van der Waals surface area contributed by atoms with Crippen molar-refractivity contribution < 1.29 is 19.4 Å². The minimum Gasteiger partial charge on any atom is -0.495 e. The number of benzene rings is 1. The van der Waals surface area contributed by atoms with Crippen LogP contribution in [0.25, 0.3) is 0 Å². The number of amides is 1.